The van der Waals surface area contributed by atoms with Crippen LogP contribution in [-0.2, 0) is 0 Å². The fourth-order valence-corrected chi connectivity index (χ4v) is 4.46. The highest BCUT2D eigenvalue weighted by Gasteiger charge is 2.51. The van der Waals surface area contributed by atoms with Crippen molar-refractivity contribution in [1.82, 2.24) is 19.9 Å². The molecule has 3 atom stereocenters. The molecule has 3 amide bonds. The molecule has 4 rings (SSSR count). The van der Waals surface area contributed by atoms with Gasteiger partial charge in [0, 0.05) is 51.6 Å². The van der Waals surface area contributed by atoms with Gasteiger partial charge in [-0.15, -0.1) is 0 Å². The summed E-state index contributed by atoms with van der Waals surface area (Å²) in [7, 11) is 3.57. The summed E-state index contributed by atoms with van der Waals surface area (Å²) >= 11 is 0. The van der Waals surface area contributed by atoms with Crippen LogP contribution in [0, 0.1) is 18.8 Å². The van der Waals surface area contributed by atoms with Crippen molar-refractivity contribution in [2.75, 3.05) is 33.7 Å². The van der Waals surface area contributed by atoms with Crippen LogP contribution >= 0.6 is 0 Å². The summed E-state index contributed by atoms with van der Waals surface area (Å²) in [5.41, 5.74) is 2.33. The Balaban J connectivity index is 1.64. The summed E-state index contributed by atoms with van der Waals surface area (Å²) in [5.74, 6) is 0.604. The smallest absolute Gasteiger partial charge is 0.320 e. The summed E-state index contributed by atoms with van der Waals surface area (Å²) < 4.78 is 5.04. The maximum Gasteiger partial charge on any atom is 0.320 e. The second kappa shape index (κ2) is 6.72. The van der Waals surface area contributed by atoms with Crippen LogP contribution in [0.15, 0.2) is 41.1 Å². The van der Waals surface area contributed by atoms with E-state index in [2.05, 4.69) is 24.2 Å². The topological polar surface area (TPSA) is 69.9 Å². The lowest BCUT2D eigenvalue weighted by Gasteiger charge is -2.32. The van der Waals surface area contributed by atoms with Crippen LogP contribution in [0.2, 0.25) is 0 Å². The molecule has 0 radical (unpaired) electrons. The maximum absolute atomic E-state index is 12.8. The second-order valence-electron chi connectivity index (χ2n) is 7.64. The molecular weight excluding hydrogens is 344 g/mol. The molecule has 0 bridgehead atoms. The van der Waals surface area contributed by atoms with Gasteiger partial charge in [-0.25, -0.2) is 4.79 Å². The van der Waals surface area contributed by atoms with E-state index in [0.717, 1.165) is 5.56 Å². The molecule has 2 aliphatic rings. The second-order valence-corrected chi connectivity index (χ2v) is 7.64. The van der Waals surface area contributed by atoms with Crippen LogP contribution in [0.5, 0.6) is 0 Å². The Morgan fingerprint density at radius 2 is 1.93 bits per heavy atom. The number of urea groups is 1. The third-order valence-corrected chi connectivity index (χ3v) is 5.74. The van der Waals surface area contributed by atoms with Gasteiger partial charge >= 0.3 is 6.03 Å². The van der Waals surface area contributed by atoms with E-state index in [1.807, 2.05) is 21.9 Å². The molecule has 0 unspecified atom stereocenters. The molecule has 2 aromatic rings. The number of benzene rings is 1. The van der Waals surface area contributed by atoms with Gasteiger partial charge in [0.15, 0.2) is 0 Å². The van der Waals surface area contributed by atoms with Gasteiger partial charge in [0.25, 0.3) is 5.91 Å². The molecule has 27 heavy (non-hydrogen) atoms. The molecule has 0 aliphatic carbocycles. The Bertz CT molecular complexity index is 849. The number of aromatic nitrogens is 1. The van der Waals surface area contributed by atoms with E-state index >= 15 is 0 Å². The molecule has 3 heterocycles. The van der Waals surface area contributed by atoms with Gasteiger partial charge in [-0.1, -0.05) is 29.4 Å². The molecule has 142 valence electrons. The quantitative estimate of drug-likeness (QED) is 0.816. The molecular formula is C20H24N4O3. The van der Waals surface area contributed by atoms with Gasteiger partial charge in [-0.2, -0.15) is 0 Å². The average Bonchev–Trinajstić information content (AvgIpc) is 3.37. The first-order valence-electron chi connectivity index (χ1n) is 9.20. The maximum atomic E-state index is 12.8. The summed E-state index contributed by atoms with van der Waals surface area (Å²) in [4.78, 5) is 30.9. The minimum Gasteiger partial charge on any atom is -0.351 e. The summed E-state index contributed by atoms with van der Waals surface area (Å²) in [6.45, 7) is 3.97. The van der Waals surface area contributed by atoms with Gasteiger partial charge in [-0.3, -0.25) is 4.79 Å². The highest BCUT2D eigenvalue weighted by Crippen LogP contribution is 2.46. The lowest BCUT2D eigenvalue weighted by molar-refractivity contribution is 0.0725. The van der Waals surface area contributed by atoms with E-state index < -0.39 is 0 Å². The van der Waals surface area contributed by atoms with Crippen molar-refractivity contribution < 1.29 is 14.1 Å². The lowest BCUT2D eigenvalue weighted by Crippen LogP contribution is -2.42. The fourth-order valence-electron chi connectivity index (χ4n) is 4.46. The van der Waals surface area contributed by atoms with Crippen molar-refractivity contribution in [2.45, 2.75) is 13.0 Å². The predicted molar refractivity (Wildman–Crippen MR) is 99.1 cm³/mol. The zero-order valence-electron chi connectivity index (χ0n) is 15.8. The largest absolute Gasteiger partial charge is 0.351 e. The van der Waals surface area contributed by atoms with Crippen LogP contribution in [0.3, 0.4) is 0 Å². The molecule has 2 fully saturated rings. The number of amides is 3. The van der Waals surface area contributed by atoms with Crippen molar-refractivity contribution in [2.24, 2.45) is 11.8 Å². The molecule has 0 saturated carbocycles. The highest BCUT2D eigenvalue weighted by molar-refractivity contribution is 5.91. The predicted octanol–water partition coefficient (Wildman–Crippen LogP) is 2.41. The fraction of sp³-hybridized carbons (Fsp3) is 0.450. The molecule has 2 aliphatic heterocycles. The van der Waals surface area contributed by atoms with Crippen molar-refractivity contribution in [3.8, 4) is 0 Å². The number of rotatable bonds is 2. The molecule has 0 spiro atoms. The van der Waals surface area contributed by atoms with Crippen LogP contribution in [-0.4, -0.2) is 65.5 Å². The van der Waals surface area contributed by atoms with E-state index in [1.54, 1.807) is 25.1 Å². The number of hydrogen-bond donors (Lipinski definition) is 0. The number of likely N-dealkylation sites (tertiary alicyclic amines) is 2. The minimum absolute atomic E-state index is 0.0192. The van der Waals surface area contributed by atoms with Crippen molar-refractivity contribution in [3.63, 3.8) is 0 Å². The standard InChI is InChI=1S/C20H24N4O3/c1-13-6-4-5-7-15(13)18-16-12-23(19(25)17-8-9-21-27-17)10-14(16)11-24(18)20(26)22(2)3/h4-9,14,16,18H,10-12H2,1-3H3/t14-,16-,18+/m1/s1. The molecule has 2 saturated heterocycles. The summed E-state index contributed by atoms with van der Waals surface area (Å²) in [6.07, 6.45) is 1.48. The van der Waals surface area contributed by atoms with Gasteiger partial charge in [-0.05, 0) is 18.1 Å². The molecule has 7 nitrogen and oxygen atoms in total. The van der Waals surface area contributed by atoms with Gasteiger partial charge in [0.05, 0.1) is 12.2 Å². The zero-order valence-corrected chi connectivity index (χ0v) is 15.8. The Hall–Kier alpha value is -2.83. The number of hydrogen-bond acceptors (Lipinski definition) is 4. The number of aryl methyl sites for hydroxylation is 1. The van der Waals surface area contributed by atoms with E-state index in [4.69, 9.17) is 4.52 Å². The van der Waals surface area contributed by atoms with Gasteiger partial charge in [0.2, 0.25) is 5.76 Å². The first-order valence-corrected chi connectivity index (χ1v) is 9.20. The third-order valence-electron chi connectivity index (χ3n) is 5.74. The van der Waals surface area contributed by atoms with E-state index in [0.29, 0.717) is 19.6 Å². The van der Waals surface area contributed by atoms with Gasteiger partial charge < -0.3 is 19.2 Å². The molecule has 1 aromatic carbocycles. The van der Waals surface area contributed by atoms with Crippen LogP contribution in [0.1, 0.15) is 27.7 Å². The normalized spacial score (nSPS) is 24.2. The molecule has 7 heteroatoms. The molecule has 0 N–H and O–H groups in total. The first kappa shape index (κ1) is 17.6. The van der Waals surface area contributed by atoms with Crippen LogP contribution in [0.25, 0.3) is 0 Å². The Kier molecular flexibility index (Phi) is 4.37. The zero-order chi connectivity index (χ0) is 19.1. The van der Waals surface area contributed by atoms with Crippen molar-refractivity contribution >= 4 is 11.9 Å². The Labute approximate surface area is 158 Å². The minimum atomic E-state index is -0.129. The van der Waals surface area contributed by atoms with E-state index in [1.165, 1.54) is 11.8 Å². The van der Waals surface area contributed by atoms with E-state index in [9.17, 15) is 9.59 Å². The highest BCUT2D eigenvalue weighted by atomic mass is 16.5. The number of fused-ring (bicyclic) bond motifs is 1. The monoisotopic (exact) mass is 368 g/mol. The van der Waals surface area contributed by atoms with Gasteiger partial charge in [0.1, 0.15) is 0 Å². The number of carbonyl (C=O) groups is 2. The lowest BCUT2D eigenvalue weighted by atomic mass is 9.88. The summed E-state index contributed by atoms with van der Waals surface area (Å²) in [6, 6.07) is 9.78. The van der Waals surface area contributed by atoms with Crippen LogP contribution in [0.4, 0.5) is 4.79 Å². The molecule has 1 aromatic heterocycles. The number of carbonyl (C=O) groups excluding carboxylic acids is 2. The average molecular weight is 368 g/mol. The SMILES string of the molecule is Cc1ccccc1[C@H]1[C@@H]2CN(C(=O)c3ccno3)C[C@@H]2CN1C(=O)N(C)C. The van der Waals surface area contributed by atoms with Crippen molar-refractivity contribution in [3.05, 3.63) is 53.4 Å². The first-order chi connectivity index (χ1) is 13.0. The van der Waals surface area contributed by atoms with E-state index in [-0.39, 0.29) is 35.6 Å². The third kappa shape index (κ3) is 2.97. The summed E-state index contributed by atoms with van der Waals surface area (Å²) in [5, 5.41) is 3.63. The van der Waals surface area contributed by atoms with Crippen molar-refractivity contribution in [1.29, 1.82) is 0 Å². The Morgan fingerprint density at radius 1 is 1.15 bits per heavy atom. The number of nitrogens with zero attached hydrogens (tertiary/aromatic N) is 4. The van der Waals surface area contributed by atoms with Crippen LogP contribution < -0.4 is 0 Å². The Morgan fingerprint density at radius 3 is 2.59 bits per heavy atom.